The second-order valence-corrected chi connectivity index (χ2v) is 8.52. The summed E-state index contributed by atoms with van der Waals surface area (Å²) in [6.07, 6.45) is -4.45. The Bertz CT molecular complexity index is 1100. The van der Waals surface area contributed by atoms with Gasteiger partial charge in [-0.15, -0.1) is 10.2 Å². The van der Waals surface area contributed by atoms with Crippen molar-refractivity contribution in [1.29, 1.82) is 0 Å². The van der Waals surface area contributed by atoms with Crippen LogP contribution in [0.3, 0.4) is 0 Å². The molecule has 1 heterocycles. The van der Waals surface area contributed by atoms with Gasteiger partial charge in [0.05, 0.1) is 17.9 Å². The first-order valence-corrected chi connectivity index (χ1v) is 11.3. The zero-order valence-electron chi connectivity index (χ0n) is 18.5. The Kier molecular flexibility index (Phi) is 8.15. The molecule has 176 valence electrons. The van der Waals surface area contributed by atoms with Gasteiger partial charge in [0.15, 0.2) is 5.16 Å². The third kappa shape index (κ3) is 6.14. The molecule has 6 nitrogen and oxygen atoms in total. The number of aromatic nitrogens is 3. The Morgan fingerprint density at radius 3 is 2.61 bits per heavy atom. The number of rotatable bonds is 9. The van der Waals surface area contributed by atoms with Gasteiger partial charge in [-0.05, 0) is 29.8 Å². The number of carbonyl (C=O) groups excluding carboxylic acids is 1. The van der Waals surface area contributed by atoms with Gasteiger partial charge in [0.2, 0.25) is 0 Å². The normalized spacial score (nSPS) is 11.7. The first-order chi connectivity index (χ1) is 15.7. The van der Waals surface area contributed by atoms with E-state index in [4.69, 9.17) is 4.74 Å². The number of nitrogens with zero attached hydrogens (tertiary/aromatic N) is 3. The van der Waals surface area contributed by atoms with Crippen molar-refractivity contribution in [2.24, 2.45) is 0 Å². The molecule has 1 N–H and O–H groups in total. The second-order valence-electron chi connectivity index (χ2n) is 7.57. The van der Waals surface area contributed by atoms with Crippen LogP contribution in [-0.2, 0) is 16.7 Å². The van der Waals surface area contributed by atoms with Gasteiger partial charge >= 0.3 is 6.18 Å². The van der Waals surface area contributed by atoms with Crippen LogP contribution in [0.25, 0.3) is 5.69 Å². The highest BCUT2D eigenvalue weighted by atomic mass is 32.2. The van der Waals surface area contributed by atoms with Crippen molar-refractivity contribution in [3.8, 4) is 5.69 Å². The average Bonchev–Trinajstić information content (AvgIpc) is 3.22. The lowest BCUT2D eigenvalue weighted by molar-refractivity contribution is -0.137. The van der Waals surface area contributed by atoms with Gasteiger partial charge in [-0.3, -0.25) is 9.36 Å². The van der Waals surface area contributed by atoms with Gasteiger partial charge in [0.1, 0.15) is 5.82 Å². The van der Waals surface area contributed by atoms with Gasteiger partial charge in [-0.2, -0.15) is 13.2 Å². The van der Waals surface area contributed by atoms with E-state index in [9.17, 15) is 18.0 Å². The fourth-order valence-corrected chi connectivity index (χ4v) is 4.15. The maximum Gasteiger partial charge on any atom is 0.416 e. The van der Waals surface area contributed by atoms with Crippen LogP contribution in [0, 0.1) is 0 Å². The fourth-order valence-electron chi connectivity index (χ4n) is 3.18. The molecule has 2 aromatic carbocycles. The minimum absolute atomic E-state index is 0.0553. The molecule has 1 aromatic heterocycles. The number of hydrogen-bond acceptors (Lipinski definition) is 5. The Labute approximate surface area is 194 Å². The van der Waals surface area contributed by atoms with Crippen LogP contribution in [0.2, 0.25) is 0 Å². The summed E-state index contributed by atoms with van der Waals surface area (Å²) in [6.45, 7) is 4.60. The first-order valence-electron chi connectivity index (χ1n) is 10.3. The summed E-state index contributed by atoms with van der Waals surface area (Å²) in [7, 11) is 1.56. The van der Waals surface area contributed by atoms with Crippen molar-refractivity contribution in [3.05, 3.63) is 71.0 Å². The number of nitrogens with one attached hydrogen (secondary N) is 1. The second kappa shape index (κ2) is 10.8. The van der Waals surface area contributed by atoms with Crippen LogP contribution in [0.1, 0.15) is 47.1 Å². The van der Waals surface area contributed by atoms with Crippen molar-refractivity contribution in [2.45, 2.75) is 36.9 Å². The Balaban J connectivity index is 1.89. The number of alkyl halides is 3. The van der Waals surface area contributed by atoms with Crippen LogP contribution >= 0.6 is 11.8 Å². The molecule has 0 bridgehead atoms. The van der Waals surface area contributed by atoms with Crippen LogP contribution in [0.5, 0.6) is 0 Å². The molecule has 0 spiro atoms. The Hall–Kier alpha value is -2.85. The maximum absolute atomic E-state index is 13.3. The first kappa shape index (κ1) is 24.8. The number of carbonyl (C=O) groups is 1. The Morgan fingerprint density at radius 1 is 1.15 bits per heavy atom. The molecule has 0 saturated heterocycles. The highest BCUT2D eigenvalue weighted by molar-refractivity contribution is 7.98. The molecule has 10 heteroatoms. The molecular formula is C23H25F3N4O2S. The van der Waals surface area contributed by atoms with E-state index < -0.39 is 11.7 Å². The third-order valence-corrected chi connectivity index (χ3v) is 5.79. The van der Waals surface area contributed by atoms with E-state index in [-0.39, 0.29) is 11.8 Å². The van der Waals surface area contributed by atoms with E-state index in [1.165, 1.54) is 17.8 Å². The van der Waals surface area contributed by atoms with Gasteiger partial charge in [-0.1, -0.05) is 49.9 Å². The van der Waals surface area contributed by atoms with E-state index in [1.54, 1.807) is 29.9 Å². The monoisotopic (exact) mass is 478 g/mol. The molecule has 0 aliphatic rings. The van der Waals surface area contributed by atoms with E-state index in [0.717, 1.165) is 17.7 Å². The molecule has 1 amide bonds. The largest absolute Gasteiger partial charge is 0.416 e. The SMILES string of the molecule is COCCNC(=O)c1ccccc1CSc1nnc(C(C)C)n1-c1cccc(C(F)(F)F)c1. The van der Waals surface area contributed by atoms with Crippen molar-refractivity contribution in [1.82, 2.24) is 20.1 Å². The highest BCUT2D eigenvalue weighted by Gasteiger charge is 2.31. The van der Waals surface area contributed by atoms with E-state index >= 15 is 0 Å². The quantitative estimate of drug-likeness (QED) is 0.343. The molecule has 33 heavy (non-hydrogen) atoms. The zero-order chi connectivity index (χ0) is 24.0. The predicted octanol–water partition coefficient (Wildman–Crippen LogP) is 5.08. The van der Waals surface area contributed by atoms with E-state index in [1.807, 2.05) is 26.0 Å². The lowest BCUT2D eigenvalue weighted by Gasteiger charge is -2.15. The average molecular weight is 479 g/mol. The van der Waals surface area contributed by atoms with Gasteiger partial charge in [-0.25, -0.2) is 0 Å². The fraction of sp³-hybridized carbons (Fsp3) is 0.348. The third-order valence-electron chi connectivity index (χ3n) is 4.82. The summed E-state index contributed by atoms with van der Waals surface area (Å²) in [5.74, 6) is 0.677. The van der Waals surface area contributed by atoms with Crippen LogP contribution in [0.15, 0.2) is 53.7 Å². The number of hydrogen-bond donors (Lipinski definition) is 1. The molecule has 0 fully saturated rings. The number of methoxy groups -OCH3 is 1. The van der Waals surface area contributed by atoms with E-state index in [2.05, 4.69) is 15.5 Å². The van der Waals surface area contributed by atoms with Gasteiger partial charge in [0, 0.05) is 30.9 Å². The van der Waals surface area contributed by atoms with Crippen LogP contribution < -0.4 is 5.32 Å². The molecule has 3 aromatic rings. The lowest BCUT2D eigenvalue weighted by atomic mass is 10.1. The van der Waals surface area contributed by atoms with E-state index in [0.29, 0.717) is 41.1 Å². The molecule has 0 atom stereocenters. The molecule has 0 unspecified atom stereocenters. The summed E-state index contributed by atoms with van der Waals surface area (Å²) in [5, 5.41) is 11.7. The highest BCUT2D eigenvalue weighted by Crippen LogP contribution is 2.33. The minimum atomic E-state index is -4.45. The number of benzene rings is 2. The predicted molar refractivity (Wildman–Crippen MR) is 121 cm³/mol. The molecular weight excluding hydrogens is 453 g/mol. The van der Waals surface area contributed by atoms with Crippen LogP contribution in [0.4, 0.5) is 13.2 Å². The molecule has 0 radical (unpaired) electrons. The summed E-state index contributed by atoms with van der Waals surface area (Å²) in [6, 6.07) is 12.3. The number of ether oxygens (including phenoxy) is 1. The summed E-state index contributed by atoms with van der Waals surface area (Å²) in [5.41, 5.74) is 0.904. The molecule has 0 aliphatic heterocycles. The summed E-state index contributed by atoms with van der Waals surface area (Å²) >= 11 is 1.31. The van der Waals surface area contributed by atoms with Crippen molar-refractivity contribution in [3.63, 3.8) is 0 Å². The van der Waals surface area contributed by atoms with Gasteiger partial charge in [0.25, 0.3) is 5.91 Å². The van der Waals surface area contributed by atoms with Crippen molar-refractivity contribution >= 4 is 17.7 Å². The standard InChI is InChI=1S/C23H25F3N4O2S/c1-15(2)20-28-29-22(30(20)18-9-6-8-17(13-18)23(24,25)26)33-14-16-7-4-5-10-19(16)21(31)27-11-12-32-3/h4-10,13,15H,11-12,14H2,1-3H3,(H,27,31). The summed E-state index contributed by atoms with van der Waals surface area (Å²) < 4.78 is 46.4. The number of halogens is 3. The number of amides is 1. The lowest BCUT2D eigenvalue weighted by Crippen LogP contribution is -2.27. The van der Waals surface area contributed by atoms with Crippen LogP contribution in [-0.4, -0.2) is 40.9 Å². The summed E-state index contributed by atoms with van der Waals surface area (Å²) in [4.78, 5) is 12.5. The Morgan fingerprint density at radius 2 is 1.91 bits per heavy atom. The number of thioether (sulfide) groups is 1. The van der Waals surface area contributed by atoms with Crippen molar-refractivity contribution in [2.75, 3.05) is 20.3 Å². The van der Waals surface area contributed by atoms with Gasteiger partial charge < -0.3 is 10.1 Å². The molecule has 0 saturated carbocycles. The topological polar surface area (TPSA) is 69.0 Å². The van der Waals surface area contributed by atoms with Crippen molar-refractivity contribution < 1.29 is 22.7 Å². The minimum Gasteiger partial charge on any atom is -0.383 e. The maximum atomic E-state index is 13.3. The molecule has 0 aliphatic carbocycles. The smallest absolute Gasteiger partial charge is 0.383 e. The molecule has 3 rings (SSSR count). The zero-order valence-corrected chi connectivity index (χ0v) is 19.3.